The van der Waals surface area contributed by atoms with Crippen LogP contribution in [0.3, 0.4) is 0 Å². The molecule has 1 unspecified atom stereocenters. The Bertz CT molecular complexity index is 690. The molecule has 0 aliphatic heterocycles. The second-order valence-electron chi connectivity index (χ2n) is 4.17. The normalized spacial score (nSPS) is 12.7. The summed E-state index contributed by atoms with van der Waals surface area (Å²) in [5.41, 5.74) is 4.19. The van der Waals surface area contributed by atoms with Gasteiger partial charge < -0.3 is 10.5 Å². The minimum Gasteiger partial charge on any atom is -0.486 e. The van der Waals surface area contributed by atoms with Crippen molar-refractivity contribution in [2.24, 2.45) is 16.8 Å². The third kappa shape index (κ3) is 4.10. The molecule has 1 atom stereocenters. The first-order valence-electron chi connectivity index (χ1n) is 5.47. The lowest BCUT2D eigenvalue weighted by molar-refractivity contribution is -0.386. The molecule has 116 valence electrons. The van der Waals surface area contributed by atoms with Crippen LogP contribution in [0, 0.1) is 21.8 Å². The summed E-state index contributed by atoms with van der Waals surface area (Å²) in [6.07, 6.45) is 0. The molecule has 0 fully saturated rings. The number of primary sulfonamides is 1. The molecule has 0 aliphatic rings. The molecule has 1 rings (SSSR count). The maximum Gasteiger partial charge on any atom is 0.312 e. The Morgan fingerprint density at radius 2 is 2.10 bits per heavy atom. The number of nitrogens with two attached hydrogens (primary N) is 2. The highest BCUT2D eigenvalue weighted by Gasteiger charge is 2.25. The van der Waals surface area contributed by atoms with Gasteiger partial charge in [0.25, 0.3) is 0 Å². The summed E-state index contributed by atoms with van der Waals surface area (Å²) in [6.45, 7) is 1.08. The zero-order chi connectivity index (χ0) is 16.4. The summed E-state index contributed by atoms with van der Waals surface area (Å²) in [7, 11) is -4.46. The summed E-state index contributed by atoms with van der Waals surface area (Å²) in [4.78, 5) is 19.7. The van der Waals surface area contributed by atoms with Crippen LogP contribution in [0.25, 0.3) is 0 Å². The fourth-order valence-corrected chi connectivity index (χ4v) is 1.90. The van der Waals surface area contributed by atoms with Gasteiger partial charge in [0, 0.05) is 12.1 Å². The molecule has 0 heterocycles. The van der Waals surface area contributed by atoms with E-state index in [1.807, 2.05) is 0 Å². The number of ether oxygens (including phenoxy) is 1. The molecule has 0 radical (unpaired) electrons. The van der Waals surface area contributed by atoms with Crippen LogP contribution in [0.1, 0.15) is 6.92 Å². The number of sulfonamides is 1. The van der Waals surface area contributed by atoms with Crippen LogP contribution >= 0.6 is 0 Å². The summed E-state index contributed by atoms with van der Waals surface area (Å²) in [5, 5.41) is 15.6. The lowest BCUT2D eigenvalue weighted by atomic mass is 10.2. The number of hydrogen-bond donors (Lipinski definition) is 2. The van der Waals surface area contributed by atoms with Crippen LogP contribution in [-0.2, 0) is 14.8 Å². The summed E-state index contributed by atoms with van der Waals surface area (Å²) in [5.74, 6) is -3.31. The van der Waals surface area contributed by atoms with Gasteiger partial charge in [-0.3, -0.25) is 14.9 Å². The predicted octanol–water partition coefficient (Wildman–Crippen LogP) is -0.118. The number of carbonyl (C=O) groups is 1. The zero-order valence-electron chi connectivity index (χ0n) is 10.8. The van der Waals surface area contributed by atoms with Crippen molar-refractivity contribution >= 4 is 21.6 Å². The lowest BCUT2D eigenvalue weighted by Crippen LogP contribution is -2.26. The fraction of sp³-hybridized carbons (Fsp3) is 0.300. The van der Waals surface area contributed by atoms with Crippen LogP contribution in [0.2, 0.25) is 0 Å². The number of rotatable bonds is 6. The van der Waals surface area contributed by atoms with Crippen molar-refractivity contribution in [2.45, 2.75) is 11.8 Å². The highest BCUT2D eigenvalue weighted by atomic mass is 32.2. The van der Waals surface area contributed by atoms with Gasteiger partial charge in [-0.25, -0.2) is 17.9 Å². The first-order chi connectivity index (χ1) is 9.54. The molecular weight excluding hydrogens is 309 g/mol. The van der Waals surface area contributed by atoms with Crippen molar-refractivity contribution in [1.29, 1.82) is 0 Å². The number of nitrogens with zero attached hydrogens (tertiary/aromatic N) is 1. The molecular formula is C10H12FN3O6S. The third-order valence-corrected chi connectivity index (χ3v) is 3.42. The van der Waals surface area contributed by atoms with E-state index >= 15 is 0 Å². The molecule has 0 bridgehead atoms. The quantitative estimate of drug-likeness (QED) is 0.549. The van der Waals surface area contributed by atoms with Gasteiger partial charge in [-0.1, -0.05) is 6.92 Å². The van der Waals surface area contributed by atoms with E-state index in [9.17, 15) is 27.7 Å². The van der Waals surface area contributed by atoms with Crippen molar-refractivity contribution in [3.8, 4) is 5.75 Å². The van der Waals surface area contributed by atoms with Crippen molar-refractivity contribution in [1.82, 2.24) is 0 Å². The van der Waals surface area contributed by atoms with Gasteiger partial charge in [0.1, 0.15) is 10.7 Å². The van der Waals surface area contributed by atoms with Gasteiger partial charge >= 0.3 is 5.69 Å². The van der Waals surface area contributed by atoms with E-state index in [0.29, 0.717) is 12.1 Å². The van der Waals surface area contributed by atoms with Crippen LogP contribution in [0.5, 0.6) is 5.75 Å². The van der Waals surface area contributed by atoms with Gasteiger partial charge in [-0.05, 0) is 0 Å². The minimum atomic E-state index is -4.46. The number of hydrogen-bond acceptors (Lipinski definition) is 6. The summed E-state index contributed by atoms with van der Waals surface area (Å²) < 4.78 is 40.8. The standard InChI is InChI=1S/C10H12FN3O6S/c1-5(10(12)15)4-20-8-2-6(11)9(21(13,18)19)3-7(8)14(16)17/h2-3,5H,4H2,1H3,(H2,12,15)(H2,13,18,19). The van der Waals surface area contributed by atoms with Crippen LogP contribution in [0.15, 0.2) is 17.0 Å². The number of primary amides is 1. The van der Waals surface area contributed by atoms with E-state index in [0.717, 1.165) is 0 Å². The second kappa shape index (κ2) is 6.01. The highest BCUT2D eigenvalue weighted by molar-refractivity contribution is 7.89. The minimum absolute atomic E-state index is 0.329. The van der Waals surface area contributed by atoms with Gasteiger partial charge in [0.2, 0.25) is 15.9 Å². The van der Waals surface area contributed by atoms with E-state index in [4.69, 9.17) is 15.6 Å². The third-order valence-electron chi connectivity index (χ3n) is 2.49. The van der Waals surface area contributed by atoms with Crippen molar-refractivity contribution < 1.29 is 27.3 Å². The highest BCUT2D eigenvalue weighted by Crippen LogP contribution is 2.31. The zero-order valence-corrected chi connectivity index (χ0v) is 11.6. The lowest BCUT2D eigenvalue weighted by Gasteiger charge is -2.11. The van der Waals surface area contributed by atoms with Crippen LogP contribution in [0.4, 0.5) is 10.1 Å². The van der Waals surface area contributed by atoms with Gasteiger partial charge in [0.05, 0.1) is 17.4 Å². The second-order valence-corrected chi connectivity index (χ2v) is 5.70. The first-order valence-corrected chi connectivity index (χ1v) is 7.01. The molecule has 1 aromatic rings. The average Bonchev–Trinajstić information content (AvgIpc) is 2.33. The summed E-state index contributed by atoms with van der Waals surface area (Å²) in [6, 6.07) is 0.973. The fourth-order valence-electron chi connectivity index (χ4n) is 1.30. The van der Waals surface area contributed by atoms with E-state index in [1.165, 1.54) is 6.92 Å². The number of nitro groups is 1. The number of carbonyl (C=O) groups excluding carboxylic acids is 1. The van der Waals surface area contributed by atoms with E-state index in [2.05, 4.69) is 0 Å². The smallest absolute Gasteiger partial charge is 0.312 e. The predicted molar refractivity (Wildman–Crippen MR) is 68.3 cm³/mol. The Kier molecular flexibility index (Phi) is 4.80. The molecule has 1 amide bonds. The van der Waals surface area contributed by atoms with E-state index in [-0.39, 0.29) is 6.61 Å². The van der Waals surface area contributed by atoms with Gasteiger partial charge in [0.15, 0.2) is 5.75 Å². The molecule has 0 saturated heterocycles. The molecule has 4 N–H and O–H groups in total. The monoisotopic (exact) mass is 321 g/mol. The van der Waals surface area contributed by atoms with Crippen LogP contribution in [-0.4, -0.2) is 25.9 Å². The molecule has 9 nitrogen and oxygen atoms in total. The number of amides is 1. The van der Waals surface area contributed by atoms with Crippen molar-refractivity contribution in [3.05, 3.63) is 28.1 Å². The van der Waals surface area contributed by atoms with Crippen molar-refractivity contribution in [2.75, 3.05) is 6.61 Å². The molecule has 0 aliphatic carbocycles. The Morgan fingerprint density at radius 1 is 1.52 bits per heavy atom. The van der Waals surface area contributed by atoms with Gasteiger partial charge in [-0.2, -0.15) is 0 Å². The van der Waals surface area contributed by atoms with E-state index in [1.54, 1.807) is 0 Å². The Morgan fingerprint density at radius 3 is 2.52 bits per heavy atom. The largest absolute Gasteiger partial charge is 0.486 e. The SMILES string of the molecule is CC(COc1cc(F)c(S(N)(=O)=O)cc1[N+](=O)[O-])C(N)=O. The maximum absolute atomic E-state index is 13.6. The Balaban J connectivity index is 3.24. The topological polar surface area (TPSA) is 156 Å². The maximum atomic E-state index is 13.6. The summed E-state index contributed by atoms with van der Waals surface area (Å²) >= 11 is 0. The number of benzene rings is 1. The molecule has 0 saturated carbocycles. The van der Waals surface area contributed by atoms with Crippen molar-refractivity contribution in [3.63, 3.8) is 0 Å². The Labute approximate surface area is 118 Å². The Hall–Kier alpha value is -2.27. The van der Waals surface area contributed by atoms with Crippen LogP contribution < -0.4 is 15.6 Å². The molecule has 0 aromatic heterocycles. The average molecular weight is 321 g/mol. The number of nitro benzene ring substituents is 1. The first kappa shape index (κ1) is 16.8. The molecule has 11 heteroatoms. The van der Waals surface area contributed by atoms with E-state index < -0.39 is 48.9 Å². The molecule has 21 heavy (non-hydrogen) atoms. The molecule has 0 spiro atoms. The van der Waals surface area contributed by atoms with Gasteiger partial charge in [-0.15, -0.1) is 0 Å². The molecule has 1 aromatic carbocycles. The number of halogens is 1.